The van der Waals surface area contributed by atoms with E-state index in [-0.39, 0.29) is 5.91 Å². The molecule has 1 fully saturated rings. The molecule has 1 amide bonds. The second kappa shape index (κ2) is 6.26. The maximum atomic E-state index is 12.5. The van der Waals surface area contributed by atoms with E-state index < -0.39 is 17.6 Å². The molecule has 0 saturated heterocycles. The van der Waals surface area contributed by atoms with Crippen LogP contribution < -0.4 is 11.1 Å². The fourth-order valence-electron chi connectivity index (χ4n) is 3.01. The van der Waals surface area contributed by atoms with Gasteiger partial charge in [0.2, 0.25) is 5.91 Å². The maximum Gasteiger partial charge on any atom is 0.330 e. The second-order valence-corrected chi connectivity index (χ2v) is 6.01. The lowest BCUT2D eigenvalue weighted by Crippen LogP contribution is -2.57. The van der Waals surface area contributed by atoms with Crippen LogP contribution in [-0.4, -0.2) is 22.5 Å². The van der Waals surface area contributed by atoms with Gasteiger partial charge in [-0.15, -0.1) is 0 Å². The first-order valence-corrected chi connectivity index (χ1v) is 7.30. The normalized spacial score (nSPS) is 26.9. The quantitative estimate of drug-likeness (QED) is 0.789. The Balaban J connectivity index is 2.14. The van der Waals surface area contributed by atoms with Gasteiger partial charge in [0.15, 0.2) is 6.04 Å². The van der Waals surface area contributed by atoms with Gasteiger partial charge in [-0.1, -0.05) is 50.1 Å². The number of aliphatic carboxylic acids is 1. The standard InChI is InChI=1S/C16H22N2O3/c1-11-6-5-9-16(17,10-11)15(21)18-13(14(19)20)12-7-3-2-4-8-12/h2-4,7-8,11,13H,5-6,9-10,17H2,1H3,(H,18,21)(H,19,20)/t11?,13-,16?/m0/s1. The highest BCUT2D eigenvalue weighted by Gasteiger charge is 2.39. The van der Waals surface area contributed by atoms with E-state index >= 15 is 0 Å². The molecule has 2 rings (SSSR count). The van der Waals surface area contributed by atoms with Crippen LogP contribution in [0.3, 0.4) is 0 Å². The van der Waals surface area contributed by atoms with Crippen molar-refractivity contribution in [2.24, 2.45) is 11.7 Å². The molecule has 0 aromatic heterocycles. The van der Waals surface area contributed by atoms with Crippen molar-refractivity contribution in [2.45, 2.75) is 44.2 Å². The Kier molecular flexibility index (Phi) is 4.63. The molecule has 0 radical (unpaired) electrons. The number of nitrogens with one attached hydrogen (secondary N) is 1. The molecule has 21 heavy (non-hydrogen) atoms. The molecule has 1 aromatic carbocycles. The van der Waals surface area contributed by atoms with Crippen LogP contribution >= 0.6 is 0 Å². The topological polar surface area (TPSA) is 92.4 Å². The van der Waals surface area contributed by atoms with Crippen molar-refractivity contribution in [1.29, 1.82) is 0 Å². The highest BCUT2D eigenvalue weighted by atomic mass is 16.4. The number of benzene rings is 1. The fraction of sp³-hybridized carbons (Fsp3) is 0.500. The van der Waals surface area contributed by atoms with E-state index in [1.165, 1.54) is 0 Å². The van der Waals surface area contributed by atoms with Crippen molar-refractivity contribution in [3.05, 3.63) is 35.9 Å². The van der Waals surface area contributed by atoms with E-state index in [0.717, 1.165) is 12.8 Å². The third kappa shape index (κ3) is 3.61. The van der Waals surface area contributed by atoms with Crippen molar-refractivity contribution >= 4 is 11.9 Å². The first kappa shape index (κ1) is 15.5. The van der Waals surface area contributed by atoms with E-state index in [1.807, 2.05) is 0 Å². The van der Waals surface area contributed by atoms with Crippen molar-refractivity contribution < 1.29 is 14.7 Å². The Labute approximate surface area is 124 Å². The molecule has 114 valence electrons. The van der Waals surface area contributed by atoms with Crippen molar-refractivity contribution in [1.82, 2.24) is 5.32 Å². The summed E-state index contributed by atoms with van der Waals surface area (Å²) in [5.74, 6) is -1.07. The number of nitrogens with two attached hydrogens (primary N) is 1. The highest BCUT2D eigenvalue weighted by molar-refractivity contribution is 5.90. The minimum atomic E-state index is -1.08. The Hall–Kier alpha value is -1.88. The number of rotatable bonds is 4. The second-order valence-electron chi connectivity index (χ2n) is 6.01. The molecule has 5 nitrogen and oxygen atoms in total. The molecule has 0 heterocycles. The molecule has 0 bridgehead atoms. The predicted octanol–water partition coefficient (Wildman–Crippen LogP) is 1.84. The molecule has 3 atom stereocenters. The van der Waals surface area contributed by atoms with Gasteiger partial charge in [-0.3, -0.25) is 4.79 Å². The van der Waals surface area contributed by atoms with Gasteiger partial charge in [0, 0.05) is 0 Å². The lowest BCUT2D eigenvalue weighted by molar-refractivity contribution is -0.143. The molecule has 1 aliphatic carbocycles. The first-order valence-electron chi connectivity index (χ1n) is 7.30. The first-order chi connectivity index (χ1) is 9.92. The van der Waals surface area contributed by atoms with E-state index in [0.29, 0.717) is 24.3 Å². The monoisotopic (exact) mass is 290 g/mol. The van der Waals surface area contributed by atoms with Gasteiger partial charge >= 0.3 is 5.97 Å². The average molecular weight is 290 g/mol. The summed E-state index contributed by atoms with van der Waals surface area (Å²) in [5, 5.41) is 12.0. The number of carboxylic acids is 1. The van der Waals surface area contributed by atoms with Gasteiger partial charge < -0.3 is 16.2 Å². The summed E-state index contributed by atoms with van der Waals surface area (Å²) in [5.41, 5.74) is 5.80. The molecular formula is C16H22N2O3. The highest BCUT2D eigenvalue weighted by Crippen LogP contribution is 2.31. The third-order valence-electron chi connectivity index (χ3n) is 4.14. The van der Waals surface area contributed by atoms with Gasteiger partial charge in [0.1, 0.15) is 0 Å². The minimum Gasteiger partial charge on any atom is -0.479 e. The third-order valence-corrected chi connectivity index (χ3v) is 4.14. The zero-order chi connectivity index (χ0) is 15.5. The van der Waals surface area contributed by atoms with E-state index in [2.05, 4.69) is 12.2 Å². The maximum absolute atomic E-state index is 12.5. The van der Waals surface area contributed by atoms with Crippen LogP contribution in [0.1, 0.15) is 44.2 Å². The Morgan fingerprint density at radius 2 is 2.05 bits per heavy atom. The average Bonchev–Trinajstić information content (AvgIpc) is 2.44. The molecule has 1 aliphatic rings. The van der Waals surface area contributed by atoms with E-state index in [1.54, 1.807) is 30.3 Å². The van der Waals surface area contributed by atoms with Crippen LogP contribution in [0.4, 0.5) is 0 Å². The number of hydrogen-bond donors (Lipinski definition) is 3. The molecule has 1 aromatic rings. The lowest BCUT2D eigenvalue weighted by Gasteiger charge is -2.36. The Morgan fingerprint density at radius 3 is 2.62 bits per heavy atom. The van der Waals surface area contributed by atoms with E-state index in [4.69, 9.17) is 5.73 Å². The molecule has 2 unspecified atom stereocenters. The van der Waals surface area contributed by atoms with Gasteiger partial charge in [-0.05, 0) is 24.3 Å². The van der Waals surface area contributed by atoms with Gasteiger partial charge in [0.25, 0.3) is 0 Å². The zero-order valence-electron chi connectivity index (χ0n) is 12.2. The van der Waals surface area contributed by atoms with Crippen molar-refractivity contribution in [3.8, 4) is 0 Å². The summed E-state index contributed by atoms with van der Waals surface area (Å²) >= 11 is 0. The molecule has 0 aliphatic heterocycles. The van der Waals surface area contributed by atoms with Gasteiger partial charge in [-0.25, -0.2) is 4.79 Å². The molecule has 1 saturated carbocycles. The SMILES string of the molecule is CC1CCCC(N)(C(=O)N[C@H](C(=O)O)c2ccccc2)C1. The molecule has 5 heteroatoms. The molecular weight excluding hydrogens is 268 g/mol. The fourth-order valence-corrected chi connectivity index (χ4v) is 3.01. The minimum absolute atomic E-state index is 0.370. The number of carbonyl (C=O) groups excluding carboxylic acids is 1. The van der Waals surface area contributed by atoms with E-state index in [9.17, 15) is 14.7 Å². The zero-order valence-corrected chi connectivity index (χ0v) is 12.2. The summed E-state index contributed by atoms with van der Waals surface area (Å²) in [6.07, 6.45) is 3.16. The van der Waals surface area contributed by atoms with Gasteiger partial charge in [-0.2, -0.15) is 0 Å². The number of hydrogen-bond acceptors (Lipinski definition) is 3. The van der Waals surface area contributed by atoms with Crippen LogP contribution in [-0.2, 0) is 9.59 Å². The predicted molar refractivity (Wildman–Crippen MR) is 79.5 cm³/mol. The van der Waals surface area contributed by atoms with Crippen LogP contribution in [0.25, 0.3) is 0 Å². The number of carboxylic acid groups (broad SMARTS) is 1. The van der Waals surface area contributed by atoms with Crippen LogP contribution in [0.2, 0.25) is 0 Å². The van der Waals surface area contributed by atoms with Crippen LogP contribution in [0.15, 0.2) is 30.3 Å². The molecule has 4 N–H and O–H groups in total. The lowest BCUT2D eigenvalue weighted by atomic mass is 9.76. The summed E-state index contributed by atoms with van der Waals surface area (Å²) in [6.45, 7) is 2.07. The van der Waals surface area contributed by atoms with Gasteiger partial charge in [0.05, 0.1) is 5.54 Å². The van der Waals surface area contributed by atoms with Crippen LogP contribution in [0, 0.1) is 5.92 Å². The summed E-state index contributed by atoms with van der Waals surface area (Å²) in [6, 6.07) is 7.61. The summed E-state index contributed by atoms with van der Waals surface area (Å²) in [7, 11) is 0. The summed E-state index contributed by atoms with van der Waals surface area (Å²) in [4.78, 5) is 23.9. The summed E-state index contributed by atoms with van der Waals surface area (Å²) < 4.78 is 0. The Morgan fingerprint density at radius 1 is 1.38 bits per heavy atom. The van der Waals surface area contributed by atoms with Crippen molar-refractivity contribution in [2.75, 3.05) is 0 Å². The number of amides is 1. The Bertz CT molecular complexity index is 518. The van der Waals surface area contributed by atoms with Crippen LogP contribution in [0.5, 0.6) is 0 Å². The van der Waals surface area contributed by atoms with Crippen molar-refractivity contribution in [3.63, 3.8) is 0 Å². The molecule has 0 spiro atoms. The smallest absolute Gasteiger partial charge is 0.330 e. The number of carbonyl (C=O) groups is 2. The largest absolute Gasteiger partial charge is 0.479 e.